The maximum absolute atomic E-state index is 11.6. The minimum atomic E-state index is -3.08. The normalized spacial score (nSPS) is 30.5. The second-order valence-electron chi connectivity index (χ2n) is 7.90. The molecule has 3 saturated heterocycles. The van der Waals surface area contributed by atoms with Crippen molar-refractivity contribution in [3.8, 4) is 5.75 Å². The molecule has 3 aliphatic heterocycles. The Kier molecular flexibility index (Phi) is 4.88. The second kappa shape index (κ2) is 7.02. The molecule has 1 aromatic rings. The van der Waals surface area contributed by atoms with Crippen molar-refractivity contribution in [1.29, 1.82) is 0 Å². The molecule has 4 rings (SSSR count). The summed E-state index contributed by atoms with van der Waals surface area (Å²) in [5, 5.41) is 0. The lowest BCUT2D eigenvalue weighted by Gasteiger charge is -2.36. The molecule has 1 unspecified atom stereocenters. The van der Waals surface area contributed by atoms with E-state index >= 15 is 0 Å². The molecule has 0 aromatic heterocycles. The Labute approximate surface area is 156 Å². The van der Waals surface area contributed by atoms with E-state index in [1.807, 2.05) is 0 Å². The quantitative estimate of drug-likeness (QED) is 0.798. The van der Waals surface area contributed by atoms with Gasteiger partial charge in [0, 0.05) is 44.0 Å². The number of ether oxygens (including phenoxy) is 1. The van der Waals surface area contributed by atoms with Crippen LogP contribution in [0.15, 0.2) is 24.3 Å². The van der Waals surface area contributed by atoms with E-state index < -0.39 is 10.0 Å². The zero-order valence-corrected chi connectivity index (χ0v) is 16.5. The van der Waals surface area contributed by atoms with E-state index in [4.69, 9.17) is 4.74 Å². The Morgan fingerprint density at radius 2 is 1.54 bits per heavy atom. The molecular formula is C19H29N3O3S. The Morgan fingerprint density at radius 3 is 2.08 bits per heavy atom. The first-order valence-electron chi connectivity index (χ1n) is 9.59. The molecule has 3 atom stereocenters. The number of hydrogen-bond acceptors (Lipinski definition) is 5. The van der Waals surface area contributed by atoms with Crippen LogP contribution in [0.25, 0.3) is 0 Å². The summed E-state index contributed by atoms with van der Waals surface area (Å²) >= 11 is 0. The third-order valence-corrected chi connectivity index (χ3v) is 7.57. The molecule has 26 heavy (non-hydrogen) atoms. The van der Waals surface area contributed by atoms with E-state index in [9.17, 15) is 8.42 Å². The number of piperazine rings is 1. The number of rotatable bonds is 4. The summed E-state index contributed by atoms with van der Waals surface area (Å²) in [6.45, 7) is 2.56. The first-order chi connectivity index (χ1) is 12.4. The van der Waals surface area contributed by atoms with Gasteiger partial charge < -0.3 is 14.5 Å². The fraction of sp³-hybridized carbons (Fsp3) is 0.684. The Morgan fingerprint density at radius 1 is 0.962 bits per heavy atom. The van der Waals surface area contributed by atoms with E-state index in [1.165, 1.54) is 19.1 Å². The zero-order chi connectivity index (χ0) is 18.3. The highest BCUT2D eigenvalue weighted by Crippen LogP contribution is 2.36. The van der Waals surface area contributed by atoms with Crippen LogP contribution in [0.4, 0.5) is 5.69 Å². The lowest BCUT2D eigenvalue weighted by atomic mass is 10.0. The molecule has 2 bridgehead atoms. The second-order valence-corrected chi connectivity index (χ2v) is 9.89. The van der Waals surface area contributed by atoms with Crippen LogP contribution in [0.5, 0.6) is 5.75 Å². The van der Waals surface area contributed by atoms with Gasteiger partial charge in [0.15, 0.2) is 0 Å². The van der Waals surface area contributed by atoms with Crippen LogP contribution in [-0.4, -0.2) is 75.3 Å². The molecule has 0 aliphatic carbocycles. The molecule has 144 valence electrons. The summed E-state index contributed by atoms with van der Waals surface area (Å²) in [5.74, 6) is 0.942. The van der Waals surface area contributed by atoms with Crippen molar-refractivity contribution in [2.75, 3.05) is 44.4 Å². The molecule has 3 fully saturated rings. The summed E-state index contributed by atoms with van der Waals surface area (Å²) in [4.78, 5) is 4.76. The van der Waals surface area contributed by atoms with Gasteiger partial charge in [0.25, 0.3) is 0 Å². The first-order valence-corrected chi connectivity index (χ1v) is 11.4. The van der Waals surface area contributed by atoms with Crippen molar-refractivity contribution in [3.05, 3.63) is 24.3 Å². The van der Waals surface area contributed by atoms with E-state index in [-0.39, 0.29) is 0 Å². The van der Waals surface area contributed by atoms with Gasteiger partial charge in [-0.25, -0.2) is 8.42 Å². The monoisotopic (exact) mass is 379 g/mol. The molecule has 1 aromatic carbocycles. The Balaban J connectivity index is 1.33. The summed E-state index contributed by atoms with van der Waals surface area (Å²) < 4.78 is 31.1. The molecule has 3 heterocycles. The topological polar surface area (TPSA) is 53.1 Å². The van der Waals surface area contributed by atoms with E-state index in [0.717, 1.165) is 37.4 Å². The van der Waals surface area contributed by atoms with Gasteiger partial charge in [-0.1, -0.05) is 0 Å². The number of piperidine rings is 1. The summed E-state index contributed by atoms with van der Waals surface area (Å²) in [7, 11) is -0.832. The number of benzene rings is 1. The number of nitrogens with zero attached hydrogens (tertiary/aromatic N) is 3. The molecule has 0 amide bonds. The van der Waals surface area contributed by atoms with E-state index in [0.29, 0.717) is 31.3 Å². The largest absolute Gasteiger partial charge is 0.490 e. The van der Waals surface area contributed by atoms with Crippen LogP contribution in [0.3, 0.4) is 0 Å². The molecule has 6 nitrogen and oxygen atoms in total. The van der Waals surface area contributed by atoms with Crippen molar-refractivity contribution >= 4 is 15.7 Å². The van der Waals surface area contributed by atoms with Gasteiger partial charge in [-0.05, 0) is 57.0 Å². The summed E-state index contributed by atoms with van der Waals surface area (Å²) in [6, 6.07) is 9.66. The van der Waals surface area contributed by atoms with Gasteiger partial charge in [-0.2, -0.15) is 4.31 Å². The van der Waals surface area contributed by atoms with Crippen molar-refractivity contribution in [2.24, 2.45) is 0 Å². The average Bonchev–Trinajstić information content (AvgIpc) is 2.83. The van der Waals surface area contributed by atoms with Crippen LogP contribution < -0.4 is 9.64 Å². The van der Waals surface area contributed by atoms with Crippen molar-refractivity contribution in [1.82, 2.24) is 9.21 Å². The number of sulfonamides is 1. The number of hydrogen-bond donors (Lipinski definition) is 0. The maximum Gasteiger partial charge on any atom is 0.211 e. The first kappa shape index (κ1) is 18.1. The van der Waals surface area contributed by atoms with Gasteiger partial charge in [0.05, 0.1) is 6.26 Å². The number of fused-ring (bicyclic) bond motifs is 2. The van der Waals surface area contributed by atoms with Gasteiger partial charge in [0.1, 0.15) is 11.9 Å². The molecule has 0 radical (unpaired) electrons. The van der Waals surface area contributed by atoms with Gasteiger partial charge in [0.2, 0.25) is 10.0 Å². The number of anilines is 1. The third kappa shape index (κ3) is 3.70. The van der Waals surface area contributed by atoms with Crippen LogP contribution in [0.2, 0.25) is 0 Å². The predicted octanol–water partition coefficient (Wildman–Crippen LogP) is 1.77. The molecule has 0 saturated carbocycles. The third-order valence-electron chi connectivity index (χ3n) is 6.27. The SMILES string of the molecule is CN1[C@@H]2CC[C@H]1CC(Oc1ccc(N3CCN(S(C)(=O)=O)CC3)cc1)C2. The summed E-state index contributed by atoms with van der Waals surface area (Å²) in [5.41, 5.74) is 1.13. The van der Waals surface area contributed by atoms with Crippen LogP contribution in [-0.2, 0) is 10.0 Å². The fourth-order valence-corrected chi connectivity index (χ4v) is 5.49. The minimum Gasteiger partial charge on any atom is -0.490 e. The molecule has 0 spiro atoms. The lowest BCUT2D eigenvalue weighted by Crippen LogP contribution is -2.48. The smallest absolute Gasteiger partial charge is 0.211 e. The average molecular weight is 380 g/mol. The van der Waals surface area contributed by atoms with Crippen molar-refractivity contribution < 1.29 is 13.2 Å². The Hall–Kier alpha value is -1.31. The predicted molar refractivity (Wildman–Crippen MR) is 103 cm³/mol. The minimum absolute atomic E-state index is 0.327. The van der Waals surface area contributed by atoms with Crippen LogP contribution in [0, 0.1) is 0 Å². The molecule has 0 N–H and O–H groups in total. The Bertz CT molecular complexity index is 715. The van der Waals surface area contributed by atoms with Gasteiger partial charge in [-0.15, -0.1) is 0 Å². The van der Waals surface area contributed by atoms with Crippen LogP contribution >= 0.6 is 0 Å². The maximum atomic E-state index is 11.6. The van der Waals surface area contributed by atoms with E-state index in [1.54, 1.807) is 4.31 Å². The highest BCUT2D eigenvalue weighted by Gasteiger charge is 2.39. The molecule has 3 aliphatic rings. The molecule has 7 heteroatoms. The van der Waals surface area contributed by atoms with Gasteiger partial charge >= 0.3 is 0 Å². The highest BCUT2D eigenvalue weighted by molar-refractivity contribution is 7.88. The van der Waals surface area contributed by atoms with Crippen LogP contribution in [0.1, 0.15) is 25.7 Å². The standard InChI is InChI=1S/C19H29N3O3S/c1-20-16-3-4-17(20)14-19(13-16)25-18-7-5-15(6-8-18)21-9-11-22(12-10-21)26(2,23)24/h5-8,16-17,19H,3-4,9-14H2,1-2H3/t16-,17+,19?. The lowest BCUT2D eigenvalue weighted by molar-refractivity contribution is 0.0662. The van der Waals surface area contributed by atoms with E-state index in [2.05, 4.69) is 41.1 Å². The molecular weight excluding hydrogens is 350 g/mol. The van der Waals surface area contributed by atoms with Crippen molar-refractivity contribution in [3.63, 3.8) is 0 Å². The summed E-state index contributed by atoms with van der Waals surface area (Å²) in [6.07, 6.45) is 6.47. The zero-order valence-electron chi connectivity index (χ0n) is 15.7. The fourth-order valence-electron chi connectivity index (χ4n) is 4.66. The highest BCUT2D eigenvalue weighted by atomic mass is 32.2. The van der Waals surface area contributed by atoms with Gasteiger partial charge in [-0.3, -0.25) is 0 Å². The van der Waals surface area contributed by atoms with Crippen molar-refractivity contribution in [2.45, 2.75) is 43.9 Å².